The highest BCUT2D eigenvalue weighted by atomic mass is 32.2. The average Bonchev–Trinajstić information content (AvgIpc) is 2.95. The van der Waals surface area contributed by atoms with E-state index in [9.17, 15) is 0 Å². The van der Waals surface area contributed by atoms with Gasteiger partial charge in [0.05, 0.1) is 10.2 Å². The number of rotatable bonds is 4. The Morgan fingerprint density at radius 1 is 1.08 bits per heavy atom. The first kappa shape index (κ1) is 15.5. The van der Waals surface area contributed by atoms with Crippen molar-refractivity contribution in [3.8, 4) is 0 Å². The highest BCUT2D eigenvalue weighted by Gasteiger charge is 2.14. The molecule has 0 saturated carbocycles. The molecular weight excluding hydrogens is 334 g/mol. The number of aryl methyl sites for hydroxylation is 3. The number of aromatic nitrogens is 3. The third-order valence-corrected chi connectivity index (χ3v) is 6.19. The zero-order valence-corrected chi connectivity index (χ0v) is 15.2. The summed E-state index contributed by atoms with van der Waals surface area (Å²) in [5.41, 5.74) is 4.69. The van der Waals surface area contributed by atoms with Gasteiger partial charge < -0.3 is 0 Å². The zero-order chi connectivity index (χ0) is 16.5. The first-order valence-corrected chi connectivity index (χ1v) is 9.71. The molecule has 24 heavy (non-hydrogen) atoms. The predicted octanol–water partition coefficient (Wildman–Crippen LogP) is 5.19. The number of hydrogen-bond acceptors (Lipinski definition) is 5. The van der Waals surface area contributed by atoms with Crippen molar-refractivity contribution in [3.63, 3.8) is 0 Å². The van der Waals surface area contributed by atoms with Crippen molar-refractivity contribution in [2.24, 2.45) is 0 Å². The maximum atomic E-state index is 4.68. The van der Waals surface area contributed by atoms with Gasteiger partial charge in [-0.2, -0.15) is 0 Å². The van der Waals surface area contributed by atoms with Crippen LogP contribution in [-0.4, -0.2) is 20.7 Å². The summed E-state index contributed by atoms with van der Waals surface area (Å²) in [5.74, 6) is 1.01. The van der Waals surface area contributed by atoms with Crippen LogP contribution in [0.15, 0.2) is 47.8 Å². The van der Waals surface area contributed by atoms with Crippen LogP contribution in [0.5, 0.6) is 0 Å². The predicted molar refractivity (Wildman–Crippen MR) is 103 cm³/mol. The van der Waals surface area contributed by atoms with Crippen LogP contribution in [-0.2, 0) is 6.42 Å². The van der Waals surface area contributed by atoms with E-state index >= 15 is 0 Å². The molecule has 3 heterocycles. The second kappa shape index (κ2) is 6.49. The van der Waals surface area contributed by atoms with Crippen LogP contribution in [0.1, 0.15) is 16.8 Å². The van der Waals surface area contributed by atoms with Gasteiger partial charge in [0.1, 0.15) is 16.2 Å². The fraction of sp³-hybridized carbons (Fsp3) is 0.211. The second-order valence-corrected chi connectivity index (χ2v) is 7.89. The van der Waals surface area contributed by atoms with Gasteiger partial charge in [-0.1, -0.05) is 30.3 Å². The topological polar surface area (TPSA) is 38.7 Å². The SMILES string of the molecule is Cc1cc(C)c2c(n1)sc1c(SCCc3ccccc3)ncnc12. The van der Waals surface area contributed by atoms with Crippen molar-refractivity contribution in [2.75, 3.05) is 5.75 Å². The van der Waals surface area contributed by atoms with Crippen molar-refractivity contribution in [3.05, 3.63) is 59.5 Å². The molecule has 1 aromatic carbocycles. The van der Waals surface area contributed by atoms with Gasteiger partial charge in [-0.05, 0) is 37.5 Å². The Hall–Kier alpha value is -1.98. The quantitative estimate of drug-likeness (QED) is 0.374. The van der Waals surface area contributed by atoms with Crippen LogP contribution < -0.4 is 0 Å². The van der Waals surface area contributed by atoms with Gasteiger partial charge in [0.15, 0.2) is 0 Å². The van der Waals surface area contributed by atoms with Gasteiger partial charge in [-0.3, -0.25) is 0 Å². The molecule has 0 aliphatic heterocycles. The lowest BCUT2D eigenvalue weighted by atomic mass is 10.1. The molecule has 0 N–H and O–H groups in total. The van der Waals surface area contributed by atoms with Crippen LogP contribution in [0.4, 0.5) is 0 Å². The molecule has 0 amide bonds. The zero-order valence-electron chi connectivity index (χ0n) is 13.6. The largest absolute Gasteiger partial charge is 0.242 e. The second-order valence-electron chi connectivity index (χ2n) is 5.80. The maximum absolute atomic E-state index is 4.68. The molecule has 4 rings (SSSR count). The maximum Gasteiger partial charge on any atom is 0.126 e. The Labute approximate surface area is 149 Å². The molecule has 0 spiro atoms. The van der Waals surface area contributed by atoms with E-state index in [0.29, 0.717) is 0 Å². The molecule has 120 valence electrons. The van der Waals surface area contributed by atoms with Gasteiger partial charge in [0, 0.05) is 16.8 Å². The van der Waals surface area contributed by atoms with Crippen molar-refractivity contribution in [1.29, 1.82) is 0 Å². The van der Waals surface area contributed by atoms with Gasteiger partial charge in [0.2, 0.25) is 0 Å². The number of thioether (sulfide) groups is 1. The summed E-state index contributed by atoms with van der Waals surface area (Å²) in [7, 11) is 0. The number of thiophene rings is 1. The lowest BCUT2D eigenvalue weighted by Gasteiger charge is -2.02. The lowest BCUT2D eigenvalue weighted by molar-refractivity contribution is 1.10. The van der Waals surface area contributed by atoms with Gasteiger partial charge in [0.25, 0.3) is 0 Å². The van der Waals surface area contributed by atoms with E-state index < -0.39 is 0 Å². The van der Waals surface area contributed by atoms with Crippen molar-refractivity contribution in [2.45, 2.75) is 25.3 Å². The monoisotopic (exact) mass is 351 g/mol. The molecule has 0 atom stereocenters. The van der Waals surface area contributed by atoms with Crippen LogP contribution in [0, 0.1) is 13.8 Å². The number of fused-ring (bicyclic) bond motifs is 3. The summed E-state index contributed by atoms with van der Waals surface area (Å²) in [6.45, 7) is 4.17. The van der Waals surface area contributed by atoms with Gasteiger partial charge in [-0.15, -0.1) is 23.1 Å². The van der Waals surface area contributed by atoms with E-state index in [0.717, 1.165) is 37.9 Å². The van der Waals surface area contributed by atoms with E-state index in [1.807, 2.05) is 6.92 Å². The molecule has 0 radical (unpaired) electrons. The summed E-state index contributed by atoms with van der Waals surface area (Å²) < 4.78 is 1.16. The Morgan fingerprint density at radius 2 is 1.92 bits per heavy atom. The Kier molecular flexibility index (Phi) is 4.21. The first-order valence-electron chi connectivity index (χ1n) is 7.90. The molecule has 3 nitrogen and oxygen atoms in total. The summed E-state index contributed by atoms with van der Waals surface area (Å²) in [4.78, 5) is 14.8. The van der Waals surface area contributed by atoms with E-state index in [-0.39, 0.29) is 0 Å². The Morgan fingerprint density at radius 3 is 2.75 bits per heavy atom. The van der Waals surface area contributed by atoms with Crippen molar-refractivity contribution < 1.29 is 0 Å². The van der Waals surface area contributed by atoms with Crippen LogP contribution in [0.25, 0.3) is 20.4 Å². The van der Waals surface area contributed by atoms with Crippen LogP contribution >= 0.6 is 23.1 Å². The number of benzene rings is 1. The van der Waals surface area contributed by atoms with E-state index in [1.54, 1.807) is 29.4 Å². The molecule has 0 saturated heterocycles. The molecule has 4 aromatic rings. The molecule has 0 aliphatic carbocycles. The standard InChI is InChI=1S/C19H17N3S2/c1-12-10-13(2)22-18-15(12)16-17(24-18)19(21-11-20-16)23-9-8-14-6-4-3-5-7-14/h3-7,10-11H,8-9H2,1-2H3. The highest BCUT2D eigenvalue weighted by molar-refractivity contribution is 7.99. The normalized spacial score (nSPS) is 11.4. The number of pyridine rings is 1. The molecule has 0 fully saturated rings. The molecule has 0 bridgehead atoms. The Balaban J connectivity index is 1.67. The van der Waals surface area contributed by atoms with Crippen molar-refractivity contribution in [1.82, 2.24) is 15.0 Å². The molecule has 0 unspecified atom stereocenters. The summed E-state index contributed by atoms with van der Waals surface area (Å²) in [6, 6.07) is 12.7. The fourth-order valence-corrected chi connectivity index (χ4v) is 5.22. The highest BCUT2D eigenvalue weighted by Crippen LogP contribution is 2.38. The minimum Gasteiger partial charge on any atom is -0.242 e. The van der Waals surface area contributed by atoms with E-state index in [4.69, 9.17) is 0 Å². The fourth-order valence-electron chi connectivity index (χ4n) is 2.90. The minimum absolute atomic E-state index is 1.01. The van der Waals surface area contributed by atoms with E-state index in [2.05, 4.69) is 58.3 Å². The van der Waals surface area contributed by atoms with E-state index in [1.165, 1.54) is 16.5 Å². The Bertz CT molecular complexity index is 1010. The number of nitrogens with zero attached hydrogens (tertiary/aromatic N) is 3. The van der Waals surface area contributed by atoms with Gasteiger partial charge >= 0.3 is 0 Å². The summed E-state index contributed by atoms with van der Waals surface area (Å²) in [6.07, 6.45) is 2.72. The van der Waals surface area contributed by atoms with Crippen molar-refractivity contribution >= 4 is 43.5 Å². The summed E-state index contributed by atoms with van der Waals surface area (Å²) in [5, 5.41) is 2.24. The molecule has 0 aliphatic rings. The average molecular weight is 352 g/mol. The third-order valence-electron chi connectivity index (χ3n) is 3.99. The smallest absolute Gasteiger partial charge is 0.126 e. The van der Waals surface area contributed by atoms with Crippen LogP contribution in [0.2, 0.25) is 0 Å². The molecular formula is C19H17N3S2. The molecule has 5 heteroatoms. The van der Waals surface area contributed by atoms with Crippen LogP contribution in [0.3, 0.4) is 0 Å². The third kappa shape index (κ3) is 2.89. The van der Waals surface area contributed by atoms with Gasteiger partial charge in [-0.25, -0.2) is 15.0 Å². The minimum atomic E-state index is 1.01. The molecule has 3 aromatic heterocycles. The number of hydrogen-bond donors (Lipinski definition) is 0. The lowest BCUT2D eigenvalue weighted by Crippen LogP contribution is -1.90. The summed E-state index contributed by atoms with van der Waals surface area (Å²) >= 11 is 3.51. The first-order chi connectivity index (χ1) is 11.7.